The second-order valence-corrected chi connectivity index (χ2v) is 11.3. The van der Waals surface area contributed by atoms with E-state index in [4.69, 9.17) is 16.3 Å². The number of carbonyl (C=O) groups excluding carboxylic acids is 1. The van der Waals surface area contributed by atoms with E-state index in [0.717, 1.165) is 44.0 Å². The molecule has 6 rings (SSSR count). The Labute approximate surface area is 212 Å². The molecule has 2 aromatic rings. The summed E-state index contributed by atoms with van der Waals surface area (Å²) < 4.78 is 5.60. The van der Waals surface area contributed by atoms with Crippen LogP contribution >= 0.6 is 11.6 Å². The van der Waals surface area contributed by atoms with Crippen LogP contribution in [0.15, 0.2) is 36.5 Å². The Morgan fingerprint density at radius 1 is 1.20 bits per heavy atom. The van der Waals surface area contributed by atoms with E-state index in [-0.39, 0.29) is 11.9 Å². The number of ether oxygens (including phenoxy) is 1. The smallest absolute Gasteiger partial charge is 0.228 e. The summed E-state index contributed by atoms with van der Waals surface area (Å²) in [4.78, 5) is 22.1. The maximum absolute atomic E-state index is 13.3. The number of amides is 1. The molecule has 4 aliphatic rings. The number of methoxy groups -OCH3 is 1. The summed E-state index contributed by atoms with van der Waals surface area (Å²) >= 11 is 6.57. The van der Waals surface area contributed by atoms with Gasteiger partial charge >= 0.3 is 0 Å². The molecular formula is C28H34ClN3O3. The largest absolute Gasteiger partial charge is 0.495 e. The third-order valence-electron chi connectivity index (χ3n) is 9.13. The number of hydrogen-bond acceptors (Lipinski definition) is 5. The van der Waals surface area contributed by atoms with Crippen molar-refractivity contribution in [3.8, 4) is 5.75 Å². The van der Waals surface area contributed by atoms with E-state index in [1.165, 1.54) is 24.0 Å². The number of piperidine rings is 1. The van der Waals surface area contributed by atoms with Crippen LogP contribution in [0.1, 0.15) is 48.9 Å². The molecule has 2 aliphatic carbocycles. The van der Waals surface area contributed by atoms with Crippen molar-refractivity contribution in [2.24, 2.45) is 5.92 Å². The first-order valence-electron chi connectivity index (χ1n) is 12.9. The molecule has 3 atom stereocenters. The molecule has 2 aliphatic heterocycles. The normalized spacial score (nSPS) is 30.3. The molecule has 3 unspecified atom stereocenters. The lowest BCUT2D eigenvalue weighted by molar-refractivity contribution is -0.149. The molecule has 3 fully saturated rings. The van der Waals surface area contributed by atoms with Gasteiger partial charge in [-0.1, -0.05) is 17.7 Å². The zero-order valence-electron chi connectivity index (χ0n) is 20.4. The monoisotopic (exact) mass is 495 g/mol. The Balaban J connectivity index is 1.36. The van der Waals surface area contributed by atoms with Crippen LogP contribution < -0.4 is 4.74 Å². The molecule has 2 saturated heterocycles. The topological polar surface area (TPSA) is 65.9 Å². The number of hydrogen-bond donors (Lipinski definition) is 1. The fraction of sp³-hybridized carbons (Fsp3) is 0.571. The maximum atomic E-state index is 13.3. The molecule has 6 nitrogen and oxygen atoms in total. The lowest BCUT2D eigenvalue weighted by Crippen LogP contribution is -2.71. The van der Waals surface area contributed by atoms with Gasteiger partial charge in [-0.3, -0.25) is 14.7 Å². The highest BCUT2D eigenvalue weighted by molar-refractivity contribution is 6.32. The number of aromatic nitrogens is 1. The van der Waals surface area contributed by atoms with E-state index >= 15 is 0 Å². The van der Waals surface area contributed by atoms with Crippen molar-refractivity contribution in [3.05, 3.63) is 58.4 Å². The van der Waals surface area contributed by atoms with Crippen molar-refractivity contribution < 1.29 is 14.6 Å². The van der Waals surface area contributed by atoms with Gasteiger partial charge in [0.1, 0.15) is 5.75 Å². The summed E-state index contributed by atoms with van der Waals surface area (Å²) in [5.74, 6) is 1.50. The summed E-state index contributed by atoms with van der Waals surface area (Å²) in [7, 11) is 1.65. The number of benzene rings is 1. The van der Waals surface area contributed by atoms with Crippen LogP contribution in [0.4, 0.5) is 0 Å². The first kappa shape index (κ1) is 23.3. The minimum Gasteiger partial charge on any atom is -0.495 e. The van der Waals surface area contributed by atoms with Gasteiger partial charge in [0.25, 0.3) is 0 Å². The van der Waals surface area contributed by atoms with E-state index in [1.807, 2.05) is 23.1 Å². The minimum absolute atomic E-state index is 0.0413. The zero-order valence-corrected chi connectivity index (χ0v) is 21.1. The second kappa shape index (κ2) is 8.75. The lowest BCUT2D eigenvalue weighted by Gasteiger charge is -2.61. The average Bonchev–Trinajstić information content (AvgIpc) is 3.68. The van der Waals surface area contributed by atoms with Crippen molar-refractivity contribution in [3.63, 3.8) is 0 Å². The molecule has 1 saturated carbocycles. The molecule has 186 valence electrons. The molecule has 7 heteroatoms. The van der Waals surface area contributed by atoms with Crippen LogP contribution in [0.2, 0.25) is 5.02 Å². The first-order valence-corrected chi connectivity index (χ1v) is 13.3. The summed E-state index contributed by atoms with van der Waals surface area (Å²) in [5.41, 5.74) is 1.87. The van der Waals surface area contributed by atoms with E-state index in [9.17, 15) is 9.90 Å². The molecule has 1 aromatic heterocycles. The number of aliphatic hydroxyl groups is 1. The quantitative estimate of drug-likeness (QED) is 0.686. The van der Waals surface area contributed by atoms with Crippen LogP contribution in [0.3, 0.4) is 0 Å². The fourth-order valence-corrected chi connectivity index (χ4v) is 7.33. The van der Waals surface area contributed by atoms with Crippen LogP contribution in [0, 0.1) is 5.92 Å². The van der Waals surface area contributed by atoms with Crippen LogP contribution in [0.5, 0.6) is 5.75 Å². The highest BCUT2D eigenvalue weighted by Gasteiger charge is 2.63. The molecule has 1 N–H and O–H groups in total. The van der Waals surface area contributed by atoms with Gasteiger partial charge in [0.15, 0.2) is 0 Å². The second-order valence-electron chi connectivity index (χ2n) is 10.9. The van der Waals surface area contributed by atoms with Gasteiger partial charge < -0.3 is 14.7 Å². The average molecular weight is 496 g/mol. The Morgan fingerprint density at radius 3 is 2.74 bits per heavy atom. The highest BCUT2D eigenvalue weighted by Crippen LogP contribution is 2.57. The molecule has 1 amide bonds. The van der Waals surface area contributed by atoms with E-state index in [1.54, 1.807) is 13.3 Å². The number of pyridine rings is 1. The van der Waals surface area contributed by atoms with Gasteiger partial charge in [0.05, 0.1) is 24.2 Å². The van der Waals surface area contributed by atoms with Crippen molar-refractivity contribution in [1.29, 1.82) is 0 Å². The lowest BCUT2D eigenvalue weighted by atomic mass is 9.52. The minimum atomic E-state index is -0.897. The Morgan fingerprint density at radius 2 is 2.00 bits per heavy atom. The van der Waals surface area contributed by atoms with Crippen LogP contribution in [0.25, 0.3) is 0 Å². The molecule has 0 radical (unpaired) electrons. The molecule has 3 heterocycles. The molecule has 35 heavy (non-hydrogen) atoms. The number of rotatable bonds is 5. The summed E-state index contributed by atoms with van der Waals surface area (Å²) in [6, 6.07) is 9.85. The molecule has 0 spiro atoms. The molecule has 1 aromatic carbocycles. The predicted octanol–water partition coefficient (Wildman–Crippen LogP) is 3.62. The molecule has 2 bridgehead atoms. The van der Waals surface area contributed by atoms with E-state index < -0.39 is 11.0 Å². The Kier molecular flexibility index (Phi) is 5.82. The van der Waals surface area contributed by atoms with Gasteiger partial charge in [-0.25, -0.2) is 0 Å². The van der Waals surface area contributed by atoms with Crippen molar-refractivity contribution in [1.82, 2.24) is 14.8 Å². The van der Waals surface area contributed by atoms with Gasteiger partial charge in [-0.2, -0.15) is 0 Å². The van der Waals surface area contributed by atoms with Crippen molar-refractivity contribution in [2.45, 2.75) is 62.0 Å². The first-order chi connectivity index (χ1) is 16.9. The predicted molar refractivity (Wildman–Crippen MR) is 135 cm³/mol. The summed E-state index contributed by atoms with van der Waals surface area (Å²) in [6.07, 6.45) is 7.60. The van der Waals surface area contributed by atoms with Gasteiger partial charge in [-0.05, 0) is 86.4 Å². The van der Waals surface area contributed by atoms with Gasteiger partial charge in [-0.15, -0.1) is 0 Å². The zero-order chi connectivity index (χ0) is 24.2. The maximum Gasteiger partial charge on any atom is 0.228 e. The number of halogens is 1. The van der Waals surface area contributed by atoms with E-state index in [0.29, 0.717) is 36.7 Å². The van der Waals surface area contributed by atoms with Crippen LogP contribution in [-0.2, 0) is 23.1 Å². The van der Waals surface area contributed by atoms with Crippen molar-refractivity contribution >= 4 is 17.5 Å². The fourth-order valence-electron chi connectivity index (χ4n) is 7.06. The number of nitrogens with zero attached hydrogens (tertiary/aromatic N) is 3. The summed E-state index contributed by atoms with van der Waals surface area (Å²) in [5, 5.41) is 13.3. The number of carbonyl (C=O) groups is 1. The van der Waals surface area contributed by atoms with Gasteiger partial charge in [0.2, 0.25) is 5.91 Å². The Hall–Kier alpha value is -2.15. The number of fused-ring (bicyclic) bond motifs is 1. The highest BCUT2D eigenvalue weighted by atomic mass is 35.5. The Bertz CT molecular complexity index is 1120. The third kappa shape index (κ3) is 3.85. The van der Waals surface area contributed by atoms with Crippen LogP contribution in [-0.4, -0.2) is 70.7 Å². The summed E-state index contributed by atoms with van der Waals surface area (Å²) in [6.45, 7) is 3.24. The van der Waals surface area contributed by atoms with Crippen molar-refractivity contribution in [2.75, 3.05) is 33.3 Å². The third-order valence-corrected chi connectivity index (χ3v) is 9.42. The van der Waals surface area contributed by atoms with Gasteiger partial charge in [0, 0.05) is 43.0 Å². The van der Waals surface area contributed by atoms with E-state index in [2.05, 4.69) is 22.0 Å². The standard InChI is InChI=1S/C28H34ClN3O3/c1-35-24-17-22-20(14-23(24)29)15-25-28(34)9-13-31(26(33)16-21-4-2-3-10-30-21)11-7-27(22,28)8-12-32(25)18-19-5-6-19/h2-4,10,14,17,19,25,34H,5-9,11-13,15-16,18H2,1H3. The number of likely N-dealkylation sites (tertiary alicyclic amines) is 2. The molecular weight excluding hydrogens is 462 g/mol. The SMILES string of the molecule is COc1cc2c(cc1Cl)CC1N(CC3CC3)CCC23CCN(C(=O)Cc2ccccn2)CCC13O.